The Morgan fingerprint density at radius 3 is 2.38 bits per heavy atom. The van der Waals surface area contributed by atoms with Crippen LogP contribution in [-0.4, -0.2) is 4.98 Å². The second-order valence-corrected chi connectivity index (χ2v) is 3.45. The van der Waals surface area contributed by atoms with E-state index in [0.717, 1.165) is 12.3 Å². The van der Waals surface area contributed by atoms with Crippen LogP contribution >= 0.6 is 22.6 Å². The Morgan fingerprint density at radius 2 is 2.00 bits per heavy atom. The van der Waals surface area contributed by atoms with E-state index in [9.17, 15) is 17.6 Å². The highest BCUT2D eigenvalue weighted by Crippen LogP contribution is 2.29. The fourth-order valence-corrected chi connectivity index (χ4v) is 1.29. The smallest absolute Gasteiger partial charge is 0.251 e. The summed E-state index contributed by atoms with van der Waals surface area (Å²) >= 11 is 1.65. The van der Waals surface area contributed by atoms with E-state index in [0.29, 0.717) is 0 Å². The number of aromatic nitrogens is 1. The Bertz CT molecular complexity index is 310. The first-order chi connectivity index (χ1) is 5.95. The number of halogens is 5. The number of hydrogen-bond donors (Lipinski definition) is 0. The monoisotopic (exact) mass is 305 g/mol. The predicted molar refractivity (Wildman–Crippen MR) is 46.8 cm³/mol. The summed E-state index contributed by atoms with van der Waals surface area (Å²) in [6, 6.07) is 0.829. The Hall–Kier alpha value is -0.400. The molecule has 0 N–H and O–H groups in total. The van der Waals surface area contributed by atoms with Crippen molar-refractivity contribution >= 4 is 22.6 Å². The summed E-state index contributed by atoms with van der Waals surface area (Å²) in [5.41, 5.74) is -0.817. The van der Waals surface area contributed by atoms with Crippen molar-refractivity contribution in [3.63, 3.8) is 0 Å². The molecule has 1 aromatic heterocycles. The van der Waals surface area contributed by atoms with Crippen LogP contribution in [0.3, 0.4) is 0 Å². The Labute approximate surface area is 85.3 Å². The van der Waals surface area contributed by atoms with Crippen molar-refractivity contribution in [1.82, 2.24) is 4.98 Å². The van der Waals surface area contributed by atoms with Gasteiger partial charge in [0.1, 0.15) is 12.4 Å². The predicted octanol–water partition coefficient (Wildman–Crippen LogP) is 3.17. The van der Waals surface area contributed by atoms with Crippen molar-refractivity contribution in [1.29, 1.82) is 0 Å². The Balaban J connectivity index is 3.10. The van der Waals surface area contributed by atoms with Crippen LogP contribution in [0.15, 0.2) is 12.3 Å². The average molecular weight is 305 g/mol. The van der Waals surface area contributed by atoms with Gasteiger partial charge >= 0.3 is 6.18 Å². The highest BCUT2D eigenvalue weighted by molar-refractivity contribution is 14.1. The largest absolute Gasteiger partial charge is 0.433 e. The van der Waals surface area contributed by atoms with Crippen LogP contribution < -0.4 is 0 Å². The van der Waals surface area contributed by atoms with Crippen molar-refractivity contribution < 1.29 is 17.6 Å². The van der Waals surface area contributed by atoms with Gasteiger partial charge in [0.15, 0.2) is 0 Å². The van der Waals surface area contributed by atoms with Gasteiger partial charge in [-0.15, -0.1) is 0 Å². The lowest BCUT2D eigenvalue weighted by Gasteiger charge is -2.06. The molecule has 1 aromatic rings. The molecule has 0 aliphatic heterocycles. The van der Waals surface area contributed by atoms with Gasteiger partial charge in [-0.25, -0.2) is 4.39 Å². The summed E-state index contributed by atoms with van der Waals surface area (Å²) in [6.45, 7) is -0.802. The van der Waals surface area contributed by atoms with Crippen molar-refractivity contribution in [2.45, 2.75) is 12.9 Å². The van der Waals surface area contributed by atoms with E-state index in [1.165, 1.54) is 0 Å². The van der Waals surface area contributed by atoms with E-state index in [4.69, 9.17) is 0 Å². The summed E-state index contributed by atoms with van der Waals surface area (Å²) < 4.78 is 48.5. The summed E-state index contributed by atoms with van der Waals surface area (Å²) in [6.07, 6.45) is -3.56. The molecule has 0 amide bonds. The molecular weight excluding hydrogens is 301 g/mol. The van der Waals surface area contributed by atoms with Crippen LogP contribution in [0.25, 0.3) is 0 Å². The summed E-state index contributed by atoms with van der Waals surface area (Å²) in [5, 5.41) is 0. The first-order valence-corrected chi connectivity index (χ1v) is 4.30. The highest BCUT2D eigenvalue weighted by atomic mass is 127. The quantitative estimate of drug-likeness (QED) is 0.574. The van der Waals surface area contributed by atoms with Crippen molar-refractivity contribution in [3.8, 4) is 0 Å². The molecule has 0 unspecified atom stereocenters. The van der Waals surface area contributed by atoms with Crippen molar-refractivity contribution in [2.75, 3.05) is 0 Å². The van der Waals surface area contributed by atoms with Gasteiger partial charge in [-0.05, 0) is 28.7 Å². The summed E-state index contributed by atoms with van der Waals surface area (Å²) in [7, 11) is 0. The first kappa shape index (κ1) is 10.7. The van der Waals surface area contributed by atoms with Crippen LogP contribution in [-0.2, 0) is 12.9 Å². The van der Waals surface area contributed by atoms with Crippen LogP contribution in [0.1, 0.15) is 11.3 Å². The third-order valence-corrected chi connectivity index (χ3v) is 2.37. The topological polar surface area (TPSA) is 12.9 Å². The second-order valence-electron chi connectivity index (χ2n) is 2.29. The molecule has 13 heavy (non-hydrogen) atoms. The first-order valence-electron chi connectivity index (χ1n) is 3.22. The molecule has 0 fully saturated rings. The number of pyridine rings is 1. The van der Waals surface area contributed by atoms with Gasteiger partial charge in [-0.1, -0.05) is 0 Å². The summed E-state index contributed by atoms with van der Waals surface area (Å²) in [4.78, 5) is 3.11. The second kappa shape index (κ2) is 3.77. The molecule has 0 spiro atoms. The van der Waals surface area contributed by atoms with Gasteiger partial charge < -0.3 is 0 Å². The minimum absolute atomic E-state index is 0.175. The zero-order valence-corrected chi connectivity index (χ0v) is 8.36. The number of hydrogen-bond acceptors (Lipinski definition) is 1. The van der Waals surface area contributed by atoms with E-state index in [1.807, 2.05) is 0 Å². The summed E-state index contributed by atoms with van der Waals surface area (Å²) in [5.74, 6) is 0. The molecule has 6 heteroatoms. The molecule has 0 radical (unpaired) electrons. The van der Waals surface area contributed by atoms with Gasteiger partial charge in [0.2, 0.25) is 0 Å². The molecule has 0 bridgehead atoms. The Morgan fingerprint density at radius 1 is 1.38 bits per heavy atom. The third kappa shape index (κ3) is 2.52. The molecule has 1 nitrogen and oxygen atoms in total. The fraction of sp³-hybridized carbons (Fsp3) is 0.286. The lowest BCUT2D eigenvalue weighted by molar-refractivity contribution is -0.141. The molecule has 1 heterocycles. The van der Waals surface area contributed by atoms with Gasteiger partial charge in [0.05, 0.1) is 0 Å². The van der Waals surface area contributed by atoms with Gasteiger partial charge in [0.25, 0.3) is 0 Å². The van der Waals surface area contributed by atoms with Crippen LogP contribution in [0.4, 0.5) is 17.6 Å². The molecule has 72 valence electrons. The van der Waals surface area contributed by atoms with E-state index < -0.39 is 18.5 Å². The minimum atomic E-state index is -4.46. The molecule has 0 saturated carbocycles. The van der Waals surface area contributed by atoms with E-state index in [2.05, 4.69) is 4.98 Å². The lowest BCUT2D eigenvalue weighted by atomic mass is 10.2. The van der Waals surface area contributed by atoms with Gasteiger partial charge in [-0.3, -0.25) is 4.98 Å². The maximum atomic E-state index is 12.1. The zero-order chi connectivity index (χ0) is 10.1. The fourth-order valence-electron chi connectivity index (χ4n) is 0.712. The number of nitrogens with zero attached hydrogens (tertiary/aromatic N) is 1. The molecule has 0 aromatic carbocycles. The molecule has 0 aliphatic carbocycles. The lowest BCUT2D eigenvalue weighted by Crippen LogP contribution is -2.08. The molecular formula is C7H4F4IN. The SMILES string of the molecule is FCc1cnc(C(F)(F)F)cc1I. The number of alkyl halides is 4. The van der Waals surface area contributed by atoms with Crippen LogP contribution in [0, 0.1) is 3.57 Å². The standard InChI is InChI=1S/C7H4F4IN/c8-2-4-3-13-6(1-5(4)12)7(9,10)11/h1,3H,2H2. The zero-order valence-electron chi connectivity index (χ0n) is 6.20. The Kier molecular flexibility index (Phi) is 3.09. The van der Waals surface area contributed by atoms with Crippen LogP contribution in [0.5, 0.6) is 0 Å². The average Bonchev–Trinajstić information content (AvgIpc) is 2.02. The van der Waals surface area contributed by atoms with Crippen molar-refractivity contribution in [3.05, 3.63) is 27.1 Å². The molecule has 0 atom stereocenters. The molecule has 0 saturated heterocycles. The van der Waals surface area contributed by atoms with Gasteiger partial charge in [0, 0.05) is 15.3 Å². The number of rotatable bonds is 1. The minimum Gasteiger partial charge on any atom is -0.251 e. The van der Waals surface area contributed by atoms with Crippen LogP contribution in [0.2, 0.25) is 0 Å². The molecule has 1 rings (SSSR count). The third-order valence-electron chi connectivity index (χ3n) is 1.36. The van der Waals surface area contributed by atoms with E-state index in [1.54, 1.807) is 22.6 Å². The normalized spacial score (nSPS) is 11.8. The molecule has 0 aliphatic rings. The van der Waals surface area contributed by atoms with Crippen molar-refractivity contribution in [2.24, 2.45) is 0 Å². The maximum absolute atomic E-state index is 12.1. The van der Waals surface area contributed by atoms with E-state index >= 15 is 0 Å². The highest BCUT2D eigenvalue weighted by Gasteiger charge is 2.32. The van der Waals surface area contributed by atoms with E-state index in [-0.39, 0.29) is 9.13 Å². The van der Waals surface area contributed by atoms with Gasteiger partial charge in [-0.2, -0.15) is 13.2 Å². The maximum Gasteiger partial charge on any atom is 0.433 e.